The number of aliphatic hydroxyl groups is 1. The zero-order valence-corrected chi connectivity index (χ0v) is 10.8. The molecule has 0 saturated heterocycles. The van der Waals surface area contributed by atoms with Gasteiger partial charge in [-0.3, -0.25) is 0 Å². The molecular weight excluding hydrogens is 232 g/mol. The lowest BCUT2D eigenvalue weighted by atomic mass is 10.0. The summed E-state index contributed by atoms with van der Waals surface area (Å²) < 4.78 is 5.06. The molecule has 1 N–H and O–H groups in total. The van der Waals surface area contributed by atoms with Gasteiger partial charge >= 0.3 is 0 Å². The quantitative estimate of drug-likeness (QED) is 0.899. The summed E-state index contributed by atoms with van der Waals surface area (Å²) in [5.41, 5.74) is 3.00. The zero-order valence-electron chi connectivity index (χ0n) is 10.0. The first kappa shape index (κ1) is 12.3. The Morgan fingerprint density at radius 1 is 1.24 bits per heavy atom. The Kier molecular flexibility index (Phi) is 3.94. The van der Waals surface area contributed by atoms with Crippen LogP contribution in [0.25, 0.3) is 0 Å². The Morgan fingerprint density at radius 3 is 2.47 bits per heavy atom. The fraction of sp³-hybridized carbons (Fsp3) is 0.286. The average Bonchev–Trinajstić information content (AvgIpc) is 2.76. The van der Waals surface area contributed by atoms with Crippen LogP contribution in [0.15, 0.2) is 35.7 Å². The van der Waals surface area contributed by atoms with Gasteiger partial charge in [-0.25, -0.2) is 0 Å². The molecule has 0 radical (unpaired) electrons. The van der Waals surface area contributed by atoms with Gasteiger partial charge in [-0.1, -0.05) is 24.3 Å². The summed E-state index contributed by atoms with van der Waals surface area (Å²) in [5, 5.41) is 12.2. The van der Waals surface area contributed by atoms with Gasteiger partial charge in [0.2, 0.25) is 0 Å². The number of thiophene rings is 1. The zero-order chi connectivity index (χ0) is 12.3. The molecule has 2 nitrogen and oxygen atoms in total. The van der Waals surface area contributed by atoms with E-state index in [-0.39, 0.29) is 0 Å². The molecule has 1 unspecified atom stereocenters. The summed E-state index contributed by atoms with van der Waals surface area (Å²) in [6.45, 7) is 2.65. The van der Waals surface area contributed by atoms with E-state index in [9.17, 15) is 5.11 Å². The number of benzene rings is 1. The van der Waals surface area contributed by atoms with E-state index in [1.54, 1.807) is 18.4 Å². The molecule has 0 saturated carbocycles. The number of methoxy groups -OCH3 is 1. The van der Waals surface area contributed by atoms with Gasteiger partial charge in [0.05, 0.1) is 6.61 Å². The third-order valence-corrected chi connectivity index (χ3v) is 3.55. The van der Waals surface area contributed by atoms with Gasteiger partial charge < -0.3 is 9.84 Å². The minimum absolute atomic E-state index is 0.531. The second-order valence-electron chi connectivity index (χ2n) is 4.07. The van der Waals surface area contributed by atoms with Crippen LogP contribution in [0.1, 0.15) is 27.7 Å². The van der Waals surface area contributed by atoms with Crippen molar-refractivity contribution in [1.29, 1.82) is 0 Å². The number of hydrogen-bond acceptors (Lipinski definition) is 3. The minimum Gasteiger partial charge on any atom is -0.384 e. The second kappa shape index (κ2) is 5.45. The predicted molar refractivity (Wildman–Crippen MR) is 70.3 cm³/mol. The minimum atomic E-state index is -0.531. The van der Waals surface area contributed by atoms with E-state index in [2.05, 4.69) is 0 Å². The third-order valence-electron chi connectivity index (χ3n) is 2.67. The summed E-state index contributed by atoms with van der Waals surface area (Å²) in [4.78, 5) is 1.22. The van der Waals surface area contributed by atoms with E-state index in [1.807, 2.05) is 42.6 Å². The van der Waals surface area contributed by atoms with Crippen molar-refractivity contribution in [2.24, 2.45) is 0 Å². The smallest absolute Gasteiger partial charge is 0.105 e. The highest BCUT2D eigenvalue weighted by atomic mass is 32.1. The largest absolute Gasteiger partial charge is 0.384 e. The van der Waals surface area contributed by atoms with Gasteiger partial charge in [0, 0.05) is 12.0 Å². The second-order valence-corrected chi connectivity index (χ2v) is 5.18. The number of rotatable bonds is 4. The molecule has 2 rings (SSSR count). The Balaban J connectivity index is 2.16. The molecular formula is C14H16O2S. The lowest BCUT2D eigenvalue weighted by molar-refractivity contribution is 0.184. The number of hydrogen-bond donors (Lipinski definition) is 1. The van der Waals surface area contributed by atoms with Gasteiger partial charge in [-0.15, -0.1) is 11.3 Å². The predicted octanol–water partition coefficient (Wildman–Crippen LogP) is 3.28. The molecule has 0 aliphatic carbocycles. The molecule has 0 bridgehead atoms. The summed E-state index contributed by atoms with van der Waals surface area (Å²) >= 11 is 1.66. The summed E-state index contributed by atoms with van der Waals surface area (Å²) in [5.74, 6) is 0. The van der Waals surface area contributed by atoms with Crippen LogP contribution >= 0.6 is 11.3 Å². The molecule has 1 aromatic heterocycles. The Bertz CT molecular complexity index is 473. The number of ether oxygens (including phenoxy) is 1. The van der Waals surface area contributed by atoms with Crippen molar-refractivity contribution in [3.63, 3.8) is 0 Å². The molecule has 0 spiro atoms. The molecule has 90 valence electrons. The van der Waals surface area contributed by atoms with E-state index < -0.39 is 6.10 Å². The number of aryl methyl sites for hydroxylation is 1. The maximum Gasteiger partial charge on any atom is 0.105 e. The first-order valence-electron chi connectivity index (χ1n) is 5.51. The van der Waals surface area contributed by atoms with Crippen LogP contribution in [-0.2, 0) is 11.3 Å². The van der Waals surface area contributed by atoms with Crippen LogP contribution in [-0.4, -0.2) is 12.2 Å². The Hall–Kier alpha value is -1.16. The van der Waals surface area contributed by atoms with Crippen molar-refractivity contribution in [2.45, 2.75) is 19.6 Å². The van der Waals surface area contributed by atoms with Crippen molar-refractivity contribution in [3.05, 3.63) is 57.3 Å². The van der Waals surface area contributed by atoms with Crippen LogP contribution in [0, 0.1) is 6.92 Å². The van der Waals surface area contributed by atoms with E-state index in [0.717, 1.165) is 16.7 Å². The highest BCUT2D eigenvalue weighted by molar-refractivity contribution is 7.10. The molecule has 0 fully saturated rings. The van der Waals surface area contributed by atoms with Gasteiger partial charge in [0.1, 0.15) is 6.10 Å². The fourth-order valence-electron chi connectivity index (χ4n) is 1.76. The molecule has 1 atom stereocenters. The monoisotopic (exact) mass is 248 g/mol. The highest BCUT2D eigenvalue weighted by Crippen LogP contribution is 2.26. The Morgan fingerprint density at radius 2 is 1.94 bits per heavy atom. The normalized spacial score (nSPS) is 12.6. The van der Waals surface area contributed by atoms with Gasteiger partial charge in [0.25, 0.3) is 0 Å². The highest BCUT2D eigenvalue weighted by Gasteiger charge is 2.11. The van der Waals surface area contributed by atoms with Crippen LogP contribution in [0.2, 0.25) is 0 Å². The lowest BCUT2D eigenvalue weighted by Gasteiger charge is -2.10. The molecule has 0 aliphatic rings. The van der Waals surface area contributed by atoms with E-state index >= 15 is 0 Å². The van der Waals surface area contributed by atoms with Crippen molar-refractivity contribution in [2.75, 3.05) is 7.11 Å². The SMILES string of the molecule is COCc1ccc(C(O)c2csc(C)c2)cc1. The van der Waals surface area contributed by atoms with E-state index in [1.165, 1.54) is 4.88 Å². The third kappa shape index (κ3) is 2.94. The maximum atomic E-state index is 10.2. The van der Waals surface area contributed by atoms with Crippen molar-refractivity contribution < 1.29 is 9.84 Å². The van der Waals surface area contributed by atoms with E-state index in [0.29, 0.717) is 6.61 Å². The van der Waals surface area contributed by atoms with Crippen molar-refractivity contribution in [1.82, 2.24) is 0 Å². The fourth-order valence-corrected chi connectivity index (χ4v) is 2.49. The first-order valence-corrected chi connectivity index (χ1v) is 6.39. The van der Waals surface area contributed by atoms with Gasteiger partial charge in [-0.2, -0.15) is 0 Å². The molecule has 0 amide bonds. The average molecular weight is 248 g/mol. The maximum absolute atomic E-state index is 10.2. The molecule has 2 aromatic rings. The summed E-state index contributed by atoms with van der Waals surface area (Å²) in [6, 6.07) is 9.90. The van der Waals surface area contributed by atoms with Crippen LogP contribution in [0.5, 0.6) is 0 Å². The van der Waals surface area contributed by atoms with Crippen molar-refractivity contribution in [3.8, 4) is 0 Å². The molecule has 1 heterocycles. The lowest BCUT2D eigenvalue weighted by Crippen LogP contribution is -1.98. The first-order chi connectivity index (χ1) is 8.20. The van der Waals surface area contributed by atoms with Gasteiger partial charge in [-0.05, 0) is 35.1 Å². The molecule has 17 heavy (non-hydrogen) atoms. The van der Waals surface area contributed by atoms with Crippen LogP contribution in [0.3, 0.4) is 0 Å². The van der Waals surface area contributed by atoms with Crippen LogP contribution < -0.4 is 0 Å². The summed E-state index contributed by atoms with van der Waals surface area (Å²) in [6.07, 6.45) is -0.531. The molecule has 1 aromatic carbocycles. The van der Waals surface area contributed by atoms with Crippen molar-refractivity contribution >= 4 is 11.3 Å². The molecule has 3 heteroatoms. The molecule has 0 aliphatic heterocycles. The standard InChI is InChI=1S/C14H16O2S/c1-10-7-13(9-17-10)14(15)12-5-3-11(4-6-12)8-16-2/h3-7,9,14-15H,8H2,1-2H3. The number of aliphatic hydroxyl groups excluding tert-OH is 1. The van der Waals surface area contributed by atoms with Gasteiger partial charge in [0.15, 0.2) is 0 Å². The van der Waals surface area contributed by atoms with E-state index in [4.69, 9.17) is 4.74 Å². The van der Waals surface area contributed by atoms with Crippen LogP contribution in [0.4, 0.5) is 0 Å². The Labute approximate surface area is 105 Å². The summed E-state index contributed by atoms with van der Waals surface area (Å²) in [7, 11) is 1.68. The topological polar surface area (TPSA) is 29.5 Å².